The fraction of sp³-hybridized carbons (Fsp3) is 0.750. The van der Waals surface area contributed by atoms with Gasteiger partial charge in [0.05, 0.1) is 18.5 Å². The normalized spacial score (nSPS) is 26.2. The molecule has 1 aromatic heterocycles. The Morgan fingerprint density at radius 3 is 2.62 bits per heavy atom. The van der Waals surface area contributed by atoms with Crippen LogP contribution in [0.1, 0.15) is 48.3 Å². The van der Waals surface area contributed by atoms with Gasteiger partial charge in [0.2, 0.25) is 0 Å². The molecule has 1 aliphatic carbocycles. The van der Waals surface area contributed by atoms with Crippen molar-refractivity contribution in [2.45, 2.75) is 45.1 Å². The Bertz CT molecular complexity index is 636. The number of methoxy groups -OCH3 is 1. The molecule has 3 heterocycles. The number of aryl methyl sites for hydroxylation is 1. The molecule has 1 aromatic rings. The monoisotopic (exact) mass is 358 g/mol. The quantitative estimate of drug-likeness (QED) is 0.825. The summed E-state index contributed by atoms with van der Waals surface area (Å²) >= 11 is 0. The summed E-state index contributed by atoms with van der Waals surface area (Å²) in [5.74, 6) is 0.606. The summed E-state index contributed by atoms with van der Waals surface area (Å²) in [6, 6.07) is 0.788. The summed E-state index contributed by atoms with van der Waals surface area (Å²) < 4.78 is 5.56. The molecule has 1 unspecified atom stereocenters. The predicted octanol–water partition coefficient (Wildman–Crippen LogP) is 2.14. The number of ether oxygens (including phenoxy) is 1. The molecular formula is C20H30N4O2. The van der Waals surface area contributed by atoms with Crippen LogP contribution >= 0.6 is 0 Å². The third-order valence-electron chi connectivity index (χ3n) is 6.84. The number of hydrogen-bond acceptors (Lipinski definition) is 5. The molecule has 1 amide bonds. The lowest BCUT2D eigenvalue weighted by Crippen LogP contribution is -2.48. The number of hydrogen-bond donors (Lipinski definition) is 0. The summed E-state index contributed by atoms with van der Waals surface area (Å²) in [7, 11) is 1.81. The van der Waals surface area contributed by atoms with E-state index in [0.717, 1.165) is 50.8 Å². The van der Waals surface area contributed by atoms with E-state index in [2.05, 4.69) is 14.9 Å². The minimum Gasteiger partial charge on any atom is -0.384 e. The molecule has 4 rings (SSSR count). The maximum absolute atomic E-state index is 12.7. The van der Waals surface area contributed by atoms with Gasteiger partial charge in [-0.15, -0.1) is 0 Å². The maximum atomic E-state index is 12.7. The number of rotatable bonds is 4. The van der Waals surface area contributed by atoms with Gasteiger partial charge >= 0.3 is 0 Å². The summed E-state index contributed by atoms with van der Waals surface area (Å²) in [6.45, 7) is 6.69. The predicted molar refractivity (Wildman–Crippen MR) is 98.9 cm³/mol. The van der Waals surface area contributed by atoms with Gasteiger partial charge in [0.15, 0.2) is 0 Å². The van der Waals surface area contributed by atoms with Crippen molar-refractivity contribution < 1.29 is 9.53 Å². The van der Waals surface area contributed by atoms with E-state index >= 15 is 0 Å². The van der Waals surface area contributed by atoms with Crippen LogP contribution < -0.4 is 0 Å². The highest BCUT2D eigenvalue weighted by Crippen LogP contribution is 2.47. The van der Waals surface area contributed by atoms with Gasteiger partial charge < -0.3 is 9.64 Å². The Hall–Kier alpha value is -1.53. The second-order valence-corrected chi connectivity index (χ2v) is 8.36. The first-order chi connectivity index (χ1) is 12.6. The Morgan fingerprint density at radius 1 is 1.27 bits per heavy atom. The molecule has 0 radical (unpaired) electrons. The van der Waals surface area contributed by atoms with Gasteiger partial charge in [-0.3, -0.25) is 14.7 Å². The largest absolute Gasteiger partial charge is 0.384 e. The molecular weight excluding hydrogens is 328 g/mol. The molecule has 3 aliphatic rings. The molecule has 0 aromatic carbocycles. The van der Waals surface area contributed by atoms with E-state index in [4.69, 9.17) is 4.74 Å². The second-order valence-electron chi connectivity index (χ2n) is 8.36. The third kappa shape index (κ3) is 3.25. The van der Waals surface area contributed by atoms with Crippen LogP contribution in [0.2, 0.25) is 0 Å². The van der Waals surface area contributed by atoms with Gasteiger partial charge in [0.25, 0.3) is 5.91 Å². The van der Waals surface area contributed by atoms with Crippen LogP contribution in [-0.2, 0) is 4.74 Å². The highest BCUT2D eigenvalue weighted by molar-refractivity contribution is 5.92. The first-order valence-electron chi connectivity index (χ1n) is 9.92. The van der Waals surface area contributed by atoms with E-state index in [-0.39, 0.29) is 5.91 Å². The minimum atomic E-state index is 0.0180. The summed E-state index contributed by atoms with van der Waals surface area (Å²) in [6.07, 6.45) is 9.48. The van der Waals surface area contributed by atoms with Crippen molar-refractivity contribution >= 4 is 5.91 Å². The lowest BCUT2D eigenvalue weighted by molar-refractivity contribution is 0.0309. The third-order valence-corrected chi connectivity index (χ3v) is 6.84. The van der Waals surface area contributed by atoms with Crippen molar-refractivity contribution in [3.05, 3.63) is 23.8 Å². The number of aromatic nitrogens is 2. The van der Waals surface area contributed by atoms with Gasteiger partial charge in [-0.25, -0.2) is 4.98 Å². The molecule has 2 saturated heterocycles. The van der Waals surface area contributed by atoms with Crippen LogP contribution in [0.15, 0.2) is 12.4 Å². The van der Waals surface area contributed by atoms with Gasteiger partial charge in [0, 0.05) is 51.4 Å². The zero-order valence-corrected chi connectivity index (χ0v) is 16.0. The van der Waals surface area contributed by atoms with E-state index in [9.17, 15) is 4.79 Å². The van der Waals surface area contributed by atoms with Gasteiger partial charge in [-0.1, -0.05) is 6.42 Å². The molecule has 6 heteroatoms. The Labute approximate surface area is 155 Å². The number of carbonyl (C=O) groups excluding carboxylic acids is 1. The Morgan fingerprint density at radius 2 is 2.04 bits per heavy atom. The van der Waals surface area contributed by atoms with Crippen LogP contribution in [0.5, 0.6) is 0 Å². The Balaban J connectivity index is 1.42. The molecule has 26 heavy (non-hydrogen) atoms. The van der Waals surface area contributed by atoms with E-state index in [1.54, 1.807) is 12.4 Å². The molecule has 0 bridgehead atoms. The lowest BCUT2D eigenvalue weighted by atomic mass is 9.71. The fourth-order valence-corrected chi connectivity index (χ4v) is 4.92. The minimum absolute atomic E-state index is 0.0180. The molecule has 1 spiro atoms. The van der Waals surface area contributed by atoms with E-state index in [0.29, 0.717) is 17.0 Å². The summed E-state index contributed by atoms with van der Waals surface area (Å²) in [5, 5.41) is 0. The van der Waals surface area contributed by atoms with Crippen molar-refractivity contribution in [2.75, 3.05) is 39.9 Å². The number of carbonyl (C=O) groups is 1. The average Bonchev–Trinajstić information content (AvgIpc) is 2.92. The number of likely N-dealkylation sites (tertiary alicyclic amines) is 2. The van der Waals surface area contributed by atoms with Crippen LogP contribution in [0.4, 0.5) is 0 Å². The van der Waals surface area contributed by atoms with E-state index < -0.39 is 0 Å². The first kappa shape index (κ1) is 17.9. The van der Waals surface area contributed by atoms with Gasteiger partial charge in [-0.2, -0.15) is 0 Å². The topological polar surface area (TPSA) is 58.6 Å². The van der Waals surface area contributed by atoms with Crippen molar-refractivity contribution in [2.24, 2.45) is 11.3 Å². The number of amides is 1. The number of nitrogens with zero attached hydrogens (tertiary/aromatic N) is 4. The first-order valence-corrected chi connectivity index (χ1v) is 9.92. The molecule has 6 nitrogen and oxygen atoms in total. The highest BCUT2D eigenvalue weighted by Gasteiger charge is 2.50. The standard InChI is InChI=1S/C20H30N4O2/c1-15-10-22-18(11-21-15)19(25)23-8-6-20(7-9-23)14-24(17-4-3-5-17)12-16(20)13-26-2/h10-11,16-17H,3-9,12-14H2,1-2H3. The smallest absolute Gasteiger partial charge is 0.274 e. The maximum Gasteiger partial charge on any atom is 0.274 e. The van der Waals surface area contributed by atoms with Crippen LogP contribution in [0.3, 0.4) is 0 Å². The summed E-state index contributed by atoms with van der Waals surface area (Å²) in [4.78, 5) is 25.9. The van der Waals surface area contributed by atoms with Crippen LogP contribution in [0, 0.1) is 18.3 Å². The average molecular weight is 358 g/mol. The zero-order chi connectivity index (χ0) is 18.1. The van der Waals surface area contributed by atoms with Gasteiger partial charge in [0.1, 0.15) is 5.69 Å². The summed E-state index contributed by atoms with van der Waals surface area (Å²) in [5.41, 5.74) is 1.60. The van der Waals surface area contributed by atoms with E-state index in [1.807, 2.05) is 18.9 Å². The van der Waals surface area contributed by atoms with Crippen molar-refractivity contribution in [1.82, 2.24) is 19.8 Å². The molecule has 0 N–H and O–H groups in total. The van der Waals surface area contributed by atoms with Crippen molar-refractivity contribution in [1.29, 1.82) is 0 Å². The second kappa shape index (κ2) is 7.24. The van der Waals surface area contributed by atoms with Crippen molar-refractivity contribution in [3.8, 4) is 0 Å². The van der Waals surface area contributed by atoms with Crippen molar-refractivity contribution in [3.63, 3.8) is 0 Å². The zero-order valence-electron chi connectivity index (χ0n) is 16.0. The molecule has 1 saturated carbocycles. The van der Waals surface area contributed by atoms with Crippen LogP contribution in [-0.4, -0.2) is 71.6 Å². The van der Waals surface area contributed by atoms with E-state index in [1.165, 1.54) is 25.8 Å². The molecule has 142 valence electrons. The lowest BCUT2D eigenvalue weighted by Gasteiger charge is -2.43. The Kier molecular flexibility index (Phi) is 4.97. The SMILES string of the molecule is COCC1CN(C2CCC2)CC12CCN(C(=O)c1cnc(C)cn1)CC2. The fourth-order valence-electron chi connectivity index (χ4n) is 4.92. The van der Waals surface area contributed by atoms with Gasteiger partial charge in [-0.05, 0) is 38.0 Å². The molecule has 3 fully saturated rings. The molecule has 2 aliphatic heterocycles. The molecule has 1 atom stereocenters. The highest BCUT2D eigenvalue weighted by atomic mass is 16.5. The van der Waals surface area contributed by atoms with Crippen LogP contribution in [0.25, 0.3) is 0 Å². The number of piperidine rings is 1.